The van der Waals surface area contributed by atoms with Crippen molar-refractivity contribution in [3.8, 4) is 0 Å². The number of carbonyl (C=O) groups is 1. The van der Waals surface area contributed by atoms with Crippen molar-refractivity contribution in [2.75, 3.05) is 0 Å². The third-order valence-electron chi connectivity index (χ3n) is 0.437. The molecule has 0 rings (SSSR count). The van der Waals surface area contributed by atoms with Crippen molar-refractivity contribution in [1.29, 1.82) is 0 Å². The molecule has 0 aromatic rings. The molecule has 0 fully saturated rings. The van der Waals surface area contributed by atoms with Crippen LogP contribution in [0.1, 0.15) is 0 Å². The molecule has 0 saturated heterocycles. The number of ether oxygens (including phenoxy) is 1. The van der Waals surface area contributed by atoms with E-state index in [2.05, 4.69) is 11.3 Å². The number of alkyl halides is 2. The van der Waals surface area contributed by atoms with Gasteiger partial charge in [0.1, 0.15) is 6.26 Å². The normalized spacial score (nSPS) is 8.33. The average Bonchev–Trinajstić information content (AvgIpc) is 1.82. The van der Waals surface area contributed by atoms with Gasteiger partial charge in [0, 0.05) is 0 Å². The summed E-state index contributed by atoms with van der Waals surface area (Å²) >= 11 is 0. The van der Waals surface area contributed by atoms with E-state index in [0.717, 1.165) is 0 Å². The van der Waals surface area contributed by atoms with Crippen LogP contribution in [0.2, 0.25) is 0 Å². The predicted molar refractivity (Wildman–Crippen MR) is 25.8 cm³/mol. The van der Waals surface area contributed by atoms with Crippen LogP contribution in [0, 0.1) is 0 Å². The molecule has 0 saturated carbocycles. The third-order valence-corrected chi connectivity index (χ3v) is 0.437. The molecule has 0 aliphatic rings. The van der Waals surface area contributed by atoms with Gasteiger partial charge >= 0.3 is 12.4 Å². The zero-order valence-corrected chi connectivity index (χ0v) is 4.43. The maximum absolute atomic E-state index is 11.2. The van der Waals surface area contributed by atoms with Crippen LogP contribution < -0.4 is 0 Å². The van der Waals surface area contributed by atoms with E-state index >= 15 is 0 Å². The van der Waals surface area contributed by atoms with Crippen LogP contribution in [0.25, 0.3) is 0 Å². The van der Waals surface area contributed by atoms with Crippen LogP contribution in [0.5, 0.6) is 0 Å². The number of carbonyl (C=O) groups excluding carboxylic acids is 1. The number of hydrogen-bond acceptors (Lipinski definition) is 2. The van der Waals surface area contributed by atoms with E-state index in [1.807, 2.05) is 5.73 Å². The summed E-state index contributed by atoms with van der Waals surface area (Å²) < 4.78 is 26.2. The molecule has 4 heteroatoms. The summed E-state index contributed by atoms with van der Waals surface area (Å²) in [6.07, 6.45) is -2.41. The molecule has 50 valence electrons. The van der Waals surface area contributed by atoms with Gasteiger partial charge in [-0.05, 0) is 0 Å². The standard InChI is InChI=1S/C5H4F2O2/c1-2-3-9-5(8)4(6)7/h3-4H,1H2. The fourth-order valence-corrected chi connectivity index (χ4v) is 0.151. The van der Waals surface area contributed by atoms with Crippen LogP contribution in [0.4, 0.5) is 8.78 Å². The molecule has 0 aliphatic heterocycles. The second kappa shape index (κ2) is 3.80. The summed E-state index contributed by atoms with van der Waals surface area (Å²) in [7, 11) is 0. The Balaban J connectivity index is 3.64. The molecular weight excluding hydrogens is 130 g/mol. The Morgan fingerprint density at radius 3 is 2.67 bits per heavy atom. The summed E-state index contributed by atoms with van der Waals surface area (Å²) in [6.45, 7) is 2.99. The minimum atomic E-state index is -3.09. The molecule has 0 heterocycles. The lowest BCUT2D eigenvalue weighted by atomic mass is 10.7. The third kappa shape index (κ3) is 3.43. The first kappa shape index (κ1) is 7.85. The van der Waals surface area contributed by atoms with Crippen LogP contribution in [0.3, 0.4) is 0 Å². The molecule has 0 atom stereocenters. The van der Waals surface area contributed by atoms with Gasteiger partial charge in [0.2, 0.25) is 0 Å². The first-order valence-electron chi connectivity index (χ1n) is 2.01. The predicted octanol–water partition coefficient (Wildman–Crippen LogP) is 1.09. The molecule has 9 heavy (non-hydrogen) atoms. The van der Waals surface area contributed by atoms with Crippen LogP contribution in [-0.4, -0.2) is 12.4 Å². The molecule has 0 amide bonds. The lowest BCUT2D eigenvalue weighted by Crippen LogP contribution is -2.10. The van der Waals surface area contributed by atoms with E-state index in [0.29, 0.717) is 6.26 Å². The Morgan fingerprint density at radius 2 is 2.33 bits per heavy atom. The van der Waals surface area contributed by atoms with Gasteiger partial charge in [-0.25, -0.2) is 4.79 Å². The van der Waals surface area contributed by atoms with Crippen molar-refractivity contribution in [3.05, 3.63) is 18.6 Å². The topological polar surface area (TPSA) is 26.3 Å². The lowest BCUT2D eigenvalue weighted by molar-refractivity contribution is -0.150. The van der Waals surface area contributed by atoms with E-state index < -0.39 is 12.4 Å². The first-order chi connectivity index (χ1) is 4.18. The summed E-state index contributed by atoms with van der Waals surface area (Å²) in [5.74, 6) is -1.59. The van der Waals surface area contributed by atoms with E-state index in [1.54, 1.807) is 0 Å². The van der Waals surface area contributed by atoms with Gasteiger partial charge in [-0.1, -0.05) is 12.3 Å². The average molecular weight is 134 g/mol. The zero-order valence-electron chi connectivity index (χ0n) is 4.43. The summed E-state index contributed by atoms with van der Waals surface area (Å²) in [4.78, 5) is 9.83. The van der Waals surface area contributed by atoms with Crippen molar-refractivity contribution in [2.24, 2.45) is 0 Å². The van der Waals surface area contributed by atoms with E-state index in [-0.39, 0.29) is 0 Å². The second-order valence-corrected chi connectivity index (χ2v) is 1.06. The Kier molecular flexibility index (Phi) is 3.32. The quantitative estimate of drug-likeness (QED) is 0.321. The number of hydrogen-bond donors (Lipinski definition) is 0. The highest BCUT2D eigenvalue weighted by molar-refractivity contribution is 5.73. The molecule has 2 nitrogen and oxygen atoms in total. The highest BCUT2D eigenvalue weighted by Crippen LogP contribution is 1.94. The van der Waals surface area contributed by atoms with Gasteiger partial charge in [0.05, 0.1) is 0 Å². The number of esters is 1. The molecule has 0 unspecified atom stereocenters. The van der Waals surface area contributed by atoms with Crippen LogP contribution in [0.15, 0.2) is 18.6 Å². The Labute approximate surface area is 50.4 Å². The van der Waals surface area contributed by atoms with Gasteiger partial charge in [0.25, 0.3) is 0 Å². The summed E-state index contributed by atoms with van der Waals surface area (Å²) in [5, 5.41) is 0. The van der Waals surface area contributed by atoms with Gasteiger partial charge in [-0.2, -0.15) is 8.78 Å². The largest absolute Gasteiger partial charge is 0.422 e. The summed E-state index contributed by atoms with van der Waals surface area (Å²) in [5.41, 5.74) is 2.00. The van der Waals surface area contributed by atoms with Crippen molar-refractivity contribution < 1.29 is 18.3 Å². The summed E-state index contributed by atoms with van der Waals surface area (Å²) in [6, 6.07) is 0. The van der Waals surface area contributed by atoms with Crippen molar-refractivity contribution in [2.45, 2.75) is 6.43 Å². The Morgan fingerprint density at radius 1 is 1.78 bits per heavy atom. The fraction of sp³-hybridized carbons (Fsp3) is 0.200. The van der Waals surface area contributed by atoms with Gasteiger partial charge in [-0.3, -0.25) is 0 Å². The van der Waals surface area contributed by atoms with Crippen molar-refractivity contribution in [3.63, 3.8) is 0 Å². The van der Waals surface area contributed by atoms with Gasteiger partial charge in [-0.15, -0.1) is 0 Å². The molecule has 0 N–H and O–H groups in total. The molecule has 0 aromatic heterocycles. The molecular formula is C5H4F2O2. The van der Waals surface area contributed by atoms with E-state index in [4.69, 9.17) is 0 Å². The Bertz CT molecular complexity index is 147. The first-order valence-corrected chi connectivity index (χ1v) is 2.01. The molecule has 0 aliphatic carbocycles. The van der Waals surface area contributed by atoms with Gasteiger partial charge in [0.15, 0.2) is 0 Å². The smallest absolute Gasteiger partial charge is 0.379 e. The fourth-order valence-electron chi connectivity index (χ4n) is 0.151. The highest BCUT2D eigenvalue weighted by Gasteiger charge is 2.14. The monoisotopic (exact) mass is 134 g/mol. The molecule has 0 aromatic carbocycles. The highest BCUT2D eigenvalue weighted by atomic mass is 19.3. The zero-order chi connectivity index (χ0) is 7.28. The van der Waals surface area contributed by atoms with E-state index in [1.165, 1.54) is 0 Å². The molecule has 0 spiro atoms. The van der Waals surface area contributed by atoms with Crippen molar-refractivity contribution in [1.82, 2.24) is 0 Å². The van der Waals surface area contributed by atoms with Gasteiger partial charge < -0.3 is 4.74 Å². The Hall–Kier alpha value is -1.15. The second-order valence-electron chi connectivity index (χ2n) is 1.06. The lowest BCUT2D eigenvalue weighted by Gasteiger charge is -1.92. The number of rotatable bonds is 2. The molecule has 0 bridgehead atoms. The minimum Gasteiger partial charge on any atom is -0.422 e. The maximum atomic E-state index is 11.2. The van der Waals surface area contributed by atoms with E-state index in [9.17, 15) is 13.6 Å². The number of halogens is 2. The maximum Gasteiger partial charge on any atom is 0.379 e. The van der Waals surface area contributed by atoms with Crippen molar-refractivity contribution >= 4 is 5.97 Å². The molecule has 0 radical (unpaired) electrons. The van der Waals surface area contributed by atoms with Crippen LogP contribution >= 0.6 is 0 Å². The minimum absolute atomic E-state index is 0.675. The van der Waals surface area contributed by atoms with Crippen LogP contribution in [-0.2, 0) is 9.53 Å². The SMILES string of the molecule is C=C=COC(=O)C(F)F.